The summed E-state index contributed by atoms with van der Waals surface area (Å²) >= 11 is 12.1. The number of benzene rings is 2. The number of anilines is 2. The minimum atomic E-state index is -3.94. The van der Waals surface area contributed by atoms with E-state index in [0.717, 1.165) is 17.7 Å². The fourth-order valence-electron chi connectivity index (χ4n) is 2.57. The molecule has 1 amide bonds. The van der Waals surface area contributed by atoms with Crippen LogP contribution in [0.25, 0.3) is 0 Å². The third-order valence-electron chi connectivity index (χ3n) is 4.01. The smallest absolute Gasteiger partial charge is 0.339 e. The van der Waals surface area contributed by atoms with Crippen LogP contribution in [-0.2, 0) is 24.3 Å². The Labute approximate surface area is 188 Å². The highest BCUT2D eigenvalue weighted by atomic mass is 35.5. The van der Waals surface area contributed by atoms with Crippen molar-refractivity contribution < 1.29 is 32.3 Å². The van der Waals surface area contributed by atoms with Crippen LogP contribution in [0.3, 0.4) is 0 Å². The van der Waals surface area contributed by atoms with E-state index in [-0.39, 0.29) is 32.5 Å². The van der Waals surface area contributed by atoms with Gasteiger partial charge in [-0.2, -0.15) is 0 Å². The highest BCUT2D eigenvalue weighted by Gasteiger charge is 2.25. The van der Waals surface area contributed by atoms with Crippen LogP contribution in [0.4, 0.5) is 11.4 Å². The van der Waals surface area contributed by atoms with E-state index in [1.54, 1.807) is 0 Å². The van der Waals surface area contributed by atoms with Gasteiger partial charge in [0.2, 0.25) is 15.9 Å². The zero-order chi connectivity index (χ0) is 23.3. The van der Waals surface area contributed by atoms with Gasteiger partial charge in [0.15, 0.2) is 0 Å². The Morgan fingerprint density at radius 3 is 2.26 bits per heavy atom. The number of rotatable bonds is 7. The largest absolute Gasteiger partial charge is 0.465 e. The molecule has 1 N–H and O–H groups in total. The summed E-state index contributed by atoms with van der Waals surface area (Å²) in [5, 5.41) is 2.47. The molecule has 31 heavy (non-hydrogen) atoms. The number of methoxy groups -OCH3 is 2. The monoisotopic (exact) mass is 488 g/mol. The van der Waals surface area contributed by atoms with Crippen LogP contribution in [0, 0.1) is 0 Å². The minimum absolute atomic E-state index is 0.00307. The van der Waals surface area contributed by atoms with Crippen molar-refractivity contribution in [3.8, 4) is 0 Å². The maximum atomic E-state index is 12.7. The predicted molar refractivity (Wildman–Crippen MR) is 116 cm³/mol. The molecule has 0 heterocycles. The normalized spacial score (nSPS) is 10.9. The van der Waals surface area contributed by atoms with Gasteiger partial charge in [-0.3, -0.25) is 9.10 Å². The number of halogens is 2. The lowest BCUT2D eigenvalue weighted by Gasteiger charge is -2.23. The number of esters is 2. The minimum Gasteiger partial charge on any atom is -0.465 e. The van der Waals surface area contributed by atoms with Gasteiger partial charge in [0, 0.05) is 0 Å². The van der Waals surface area contributed by atoms with E-state index in [4.69, 9.17) is 23.2 Å². The zero-order valence-electron chi connectivity index (χ0n) is 16.6. The molecule has 0 aliphatic rings. The molecule has 0 radical (unpaired) electrons. The summed E-state index contributed by atoms with van der Waals surface area (Å²) in [6, 6.07) is 8.15. The van der Waals surface area contributed by atoms with E-state index in [2.05, 4.69) is 14.8 Å². The van der Waals surface area contributed by atoms with Crippen LogP contribution in [-0.4, -0.2) is 53.3 Å². The molecule has 0 bridgehead atoms. The Hall–Kier alpha value is -2.82. The van der Waals surface area contributed by atoms with Crippen molar-refractivity contribution in [2.45, 2.75) is 0 Å². The van der Waals surface area contributed by atoms with Crippen molar-refractivity contribution in [2.24, 2.45) is 0 Å². The summed E-state index contributed by atoms with van der Waals surface area (Å²) in [6.45, 7) is -0.679. The van der Waals surface area contributed by atoms with Crippen LogP contribution < -0.4 is 9.62 Å². The quantitative estimate of drug-likeness (QED) is 0.594. The molecule has 12 heteroatoms. The summed E-state index contributed by atoms with van der Waals surface area (Å²) in [4.78, 5) is 36.5. The first-order valence-corrected chi connectivity index (χ1v) is 11.1. The van der Waals surface area contributed by atoms with E-state index in [9.17, 15) is 22.8 Å². The van der Waals surface area contributed by atoms with Crippen LogP contribution >= 0.6 is 23.2 Å². The summed E-state index contributed by atoms with van der Waals surface area (Å²) in [5.41, 5.74) is -0.0489. The van der Waals surface area contributed by atoms with E-state index < -0.39 is 34.4 Å². The van der Waals surface area contributed by atoms with Gasteiger partial charge in [-0.05, 0) is 30.3 Å². The lowest BCUT2D eigenvalue weighted by Crippen LogP contribution is -2.37. The topological polar surface area (TPSA) is 119 Å². The highest BCUT2D eigenvalue weighted by molar-refractivity contribution is 7.92. The van der Waals surface area contributed by atoms with Gasteiger partial charge in [-0.1, -0.05) is 29.3 Å². The lowest BCUT2D eigenvalue weighted by molar-refractivity contribution is -0.114. The van der Waals surface area contributed by atoms with Gasteiger partial charge >= 0.3 is 11.9 Å². The fourth-order valence-corrected chi connectivity index (χ4v) is 3.88. The first kappa shape index (κ1) is 24.4. The van der Waals surface area contributed by atoms with Gasteiger partial charge in [0.25, 0.3) is 0 Å². The van der Waals surface area contributed by atoms with Gasteiger partial charge in [0.1, 0.15) is 6.54 Å². The standard InChI is InChI=1S/C19H18Cl2N2O7S/c1-29-18(25)11-7-8-12(19(26)30-2)14(9-11)22-16(24)10-23(31(3,27)28)15-6-4-5-13(20)17(15)21/h4-9H,10H2,1-3H3,(H,22,24). The SMILES string of the molecule is COC(=O)c1ccc(C(=O)OC)c(NC(=O)CN(c2cccc(Cl)c2Cl)S(C)(=O)=O)c1. The van der Waals surface area contributed by atoms with Crippen molar-refractivity contribution in [3.05, 3.63) is 57.6 Å². The van der Waals surface area contributed by atoms with Gasteiger partial charge in [-0.15, -0.1) is 0 Å². The molecule has 9 nitrogen and oxygen atoms in total. The molecule has 0 saturated heterocycles. The van der Waals surface area contributed by atoms with Crippen molar-refractivity contribution in [3.63, 3.8) is 0 Å². The predicted octanol–water partition coefficient (Wildman–Crippen LogP) is 2.97. The number of hydrogen-bond donors (Lipinski definition) is 1. The van der Waals surface area contributed by atoms with E-state index >= 15 is 0 Å². The first-order chi connectivity index (χ1) is 14.5. The molecular formula is C19H18Cl2N2O7S. The molecule has 0 aromatic heterocycles. The number of carbonyl (C=O) groups is 3. The number of ether oxygens (including phenoxy) is 2. The fraction of sp³-hybridized carbons (Fsp3) is 0.211. The molecule has 0 atom stereocenters. The van der Waals surface area contributed by atoms with Gasteiger partial charge in [-0.25, -0.2) is 18.0 Å². The Kier molecular flexibility index (Phi) is 7.88. The molecule has 2 aromatic rings. The van der Waals surface area contributed by atoms with Crippen molar-refractivity contribution in [1.82, 2.24) is 0 Å². The highest BCUT2D eigenvalue weighted by Crippen LogP contribution is 2.33. The summed E-state index contributed by atoms with van der Waals surface area (Å²) in [5.74, 6) is -2.28. The van der Waals surface area contributed by atoms with Crippen LogP contribution in [0.2, 0.25) is 10.0 Å². The average molecular weight is 489 g/mol. The number of carbonyl (C=O) groups excluding carboxylic acids is 3. The second kappa shape index (κ2) is 9.99. The Bertz CT molecular complexity index is 1140. The summed E-state index contributed by atoms with van der Waals surface area (Å²) in [7, 11) is -1.62. The molecular weight excluding hydrogens is 471 g/mol. The molecule has 0 fully saturated rings. The molecule has 2 aromatic carbocycles. The number of amides is 1. The molecule has 166 valence electrons. The third kappa shape index (κ3) is 5.87. The van der Waals surface area contributed by atoms with E-state index in [0.29, 0.717) is 0 Å². The van der Waals surface area contributed by atoms with Crippen LogP contribution in [0.1, 0.15) is 20.7 Å². The van der Waals surface area contributed by atoms with Crippen molar-refractivity contribution >= 4 is 62.4 Å². The van der Waals surface area contributed by atoms with Gasteiger partial charge < -0.3 is 14.8 Å². The molecule has 0 unspecified atom stereocenters. The maximum absolute atomic E-state index is 12.7. The molecule has 2 rings (SSSR count). The summed E-state index contributed by atoms with van der Waals surface area (Å²) in [6.07, 6.45) is 0.898. The second-order valence-electron chi connectivity index (χ2n) is 6.13. The molecule has 0 spiro atoms. The molecule has 0 aliphatic carbocycles. The van der Waals surface area contributed by atoms with Gasteiger partial charge in [0.05, 0.1) is 53.0 Å². The van der Waals surface area contributed by atoms with Crippen LogP contribution in [0.15, 0.2) is 36.4 Å². The number of sulfonamides is 1. The molecule has 0 aliphatic heterocycles. The van der Waals surface area contributed by atoms with Crippen molar-refractivity contribution in [1.29, 1.82) is 0 Å². The number of nitrogens with one attached hydrogen (secondary N) is 1. The lowest BCUT2D eigenvalue weighted by atomic mass is 10.1. The Morgan fingerprint density at radius 2 is 1.68 bits per heavy atom. The number of nitrogens with zero attached hydrogens (tertiary/aromatic N) is 1. The molecule has 0 saturated carbocycles. The first-order valence-electron chi connectivity index (χ1n) is 8.51. The van der Waals surface area contributed by atoms with Crippen LogP contribution in [0.5, 0.6) is 0 Å². The van der Waals surface area contributed by atoms with E-state index in [1.165, 1.54) is 43.5 Å². The van der Waals surface area contributed by atoms with E-state index in [1.807, 2.05) is 0 Å². The average Bonchev–Trinajstić information content (AvgIpc) is 2.72. The maximum Gasteiger partial charge on any atom is 0.339 e. The Morgan fingerprint density at radius 1 is 1.03 bits per heavy atom. The Balaban J connectivity index is 2.41. The third-order valence-corrected chi connectivity index (χ3v) is 5.94. The summed E-state index contributed by atoms with van der Waals surface area (Å²) < 4.78 is 34.7. The second-order valence-corrected chi connectivity index (χ2v) is 8.83. The van der Waals surface area contributed by atoms with Crippen molar-refractivity contribution in [2.75, 3.05) is 36.6 Å². The zero-order valence-corrected chi connectivity index (χ0v) is 19.0. The number of hydrogen-bond acceptors (Lipinski definition) is 7.